The molecule has 0 N–H and O–H groups in total. The van der Waals surface area contributed by atoms with Crippen LogP contribution in [0.1, 0.15) is 34.1 Å². The van der Waals surface area contributed by atoms with E-state index in [9.17, 15) is 9.59 Å². The van der Waals surface area contributed by atoms with E-state index >= 15 is 0 Å². The first-order chi connectivity index (χ1) is 7.83. The van der Waals surface area contributed by atoms with Gasteiger partial charge >= 0.3 is 6.09 Å². The lowest BCUT2D eigenvalue weighted by Crippen LogP contribution is -2.37. The van der Waals surface area contributed by atoms with Gasteiger partial charge in [-0.05, 0) is 32.6 Å². The molecule has 0 radical (unpaired) electrons. The van der Waals surface area contributed by atoms with Crippen LogP contribution < -0.4 is 0 Å². The average molecular weight is 239 g/mol. The summed E-state index contributed by atoms with van der Waals surface area (Å²) >= 11 is 0. The Balaban J connectivity index is 1.83. The van der Waals surface area contributed by atoms with E-state index in [-0.39, 0.29) is 12.0 Å². The number of hydrogen-bond donors (Lipinski definition) is 0. The standard InChI is InChI=1S/C13H21NO3/c1-5-10(15)11-8-6-14(7-9(8)11)12(16)17-13(2,3)4/h8-9,11H,5-7H2,1-4H3/t8-,9+,11?. The van der Waals surface area contributed by atoms with Crippen LogP contribution in [0.25, 0.3) is 0 Å². The maximum Gasteiger partial charge on any atom is 0.410 e. The molecule has 1 aliphatic heterocycles. The van der Waals surface area contributed by atoms with Crippen LogP contribution in [0.3, 0.4) is 0 Å². The van der Waals surface area contributed by atoms with Gasteiger partial charge in [-0.3, -0.25) is 4.79 Å². The van der Waals surface area contributed by atoms with Crippen molar-refractivity contribution in [3.05, 3.63) is 0 Å². The second-order valence-electron chi connectivity index (χ2n) is 6.06. The van der Waals surface area contributed by atoms with Crippen molar-refractivity contribution in [3.8, 4) is 0 Å². The summed E-state index contributed by atoms with van der Waals surface area (Å²) in [5.41, 5.74) is -0.442. The topological polar surface area (TPSA) is 46.6 Å². The number of rotatable bonds is 2. The summed E-state index contributed by atoms with van der Waals surface area (Å²) in [7, 11) is 0. The predicted molar refractivity (Wildman–Crippen MR) is 63.6 cm³/mol. The maximum absolute atomic E-state index is 11.8. The van der Waals surface area contributed by atoms with Gasteiger partial charge in [0.15, 0.2) is 0 Å². The van der Waals surface area contributed by atoms with Gasteiger partial charge in [-0.1, -0.05) is 6.92 Å². The number of ether oxygens (including phenoxy) is 1. The minimum Gasteiger partial charge on any atom is -0.444 e. The van der Waals surface area contributed by atoms with Crippen LogP contribution in [-0.4, -0.2) is 35.5 Å². The summed E-state index contributed by atoms with van der Waals surface area (Å²) in [4.78, 5) is 25.1. The number of carbonyl (C=O) groups is 2. The highest BCUT2D eigenvalue weighted by molar-refractivity contribution is 5.85. The number of nitrogens with zero attached hydrogens (tertiary/aromatic N) is 1. The first-order valence-electron chi connectivity index (χ1n) is 6.34. The first kappa shape index (κ1) is 12.4. The fourth-order valence-corrected chi connectivity index (χ4v) is 2.72. The number of ketones is 1. The number of piperidine rings is 1. The van der Waals surface area contributed by atoms with Gasteiger partial charge in [0, 0.05) is 25.4 Å². The lowest BCUT2D eigenvalue weighted by atomic mass is 10.1. The van der Waals surface area contributed by atoms with Gasteiger partial charge in [0.2, 0.25) is 0 Å². The highest BCUT2D eigenvalue weighted by Gasteiger charge is 2.59. The molecule has 0 spiro atoms. The summed E-state index contributed by atoms with van der Waals surface area (Å²) in [6.45, 7) is 8.88. The Bertz CT molecular complexity index is 333. The normalized spacial score (nSPS) is 31.1. The van der Waals surface area contributed by atoms with Crippen molar-refractivity contribution in [2.75, 3.05) is 13.1 Å². The van der Waals surface area contributed by atoms with Crippen molar-refractivity contribution in [2.45, 2.75) is 39.7 Å². The molecule has 2 fully saturated rings. The molecule has 0 bridgehead atoms. The molecule has 2 rings (SSSR count). The predicted octanol–water partition coefficient (Wildman–Crippen LogP) is 2.08. The molecule has 4 nitrogen and oxygen atoms in total. The molecular weight excluding hydrogens is 218 g/mol. The van der Waals surface area contributed by atoms with Crippen molar-refractivity contribution in [1.82, 2.24) is 4.90 Å². The summed E-state index contributed by atoms with van der Waals surface area (Å²) in [6.07, 6.45) is 0.372. The van der Waals surface area contributed by atoms with Crippen molar-refractivity contribution < 1.29 is 14.3 Å². The molecule has 1 aliphatic carbocycles. The summed E-state index contributed by atoms with van der Waals surface area (Å²) in [6, 6.07) is 0. The van der Waals surface area contributed by atoms with E-state index < -0.39 is 5.60 Å². The molecule has 96 valence electrons. The van der Waals surface area contributed by atoms with E-state index in [0.717, 1.165) is 0 Å². The van der Waals surface area contributed by atoms with Crippen LogP contribution in [0, 0.1) is 17.8 Å². The van der Waals surface area contributed by atoms with E-state index in [2.05, 4.69) is 0 Å². The second-order valence-corrected chi connectivity index (χ2v) is 6.06. The van der Waals surface area contributed by atoms with Crippen LogP contribution in [0.15, 0.2) is 0 Å². The fraction of sp³-hybridized carbons (Fsp3) is 0.846. The Morgan fingerprint density at radius 1 is 1.24 bits per heavy atom. The molecule has 1 saturated heterocycles. The maximum atomic E-state index is 11.8. The summed E-state index contributed by atoms with van der Waals surface area (Å²) < 4.78 is 5.31. The number of amides is 1. The third kappa shape index (κ3) is 2.45. The molecule has 1 heterocycles. The number of Topliss-reactive ketones (excluding diaryl/α,β-unsaturated/α-hetero) is 1. The first-order valence-corrected chi connectivity index (χ1v) is 6.34. The van der Waals surface area contributed by atoms with Crippen molar-refractivity contribution in [2.24, 2.45) is 17.8 Å². The van der Waals surface area contributed by atoms with Crippen LogP contribution in [0.5, 0.6) is 0 Å². The monoisotopic (exact) mass is 239 g/mol. The molecule has 17 heavy (non-hydrogen) atoms. The van der Waals surface area contributed by atoms with Gasteiger partial charge < -0.3 is 9.64 Å². The molecule has 2 aliphatic rings. The Labute approximate surface area is 102 Å². The van der Waals surface area contributed by atoms with Crippen molar-refractivity contribution in [1.29, 1.82) is 0 Å². The number of carbonyl (C=O) groups excluding carboxylic acids is 2. The Morgan fingerprint density at radius 2 is 1.76 bits per heavy atom. The Morgan fingerprint density at radius 3 is 2.18 bits per heavy atom. The lowest BCUT2D eigenvalue weighted by molar-refractivity contribution is -0.120. The van der Waals surface area contributed by atoms with Gasteiger partial charge in [0.1, 0.15) is 11.4 Å². The molecule has 0 aromatic carbocycles. The molecule has 4 heteroatoms. The Hall–Kier alpha value is -1.06. The largest absolute Gasteiger partial charge is 0.444 e. The highest BCUT2D eigenvalue weighted by atomic mass is 16.6. The zero-order valence-corrected chi connectivity index (χ0v) is 11.0. The third-order valence-corrected chi connectivity index (χ3v) is 3.57. The third-order valence-electron chi connectivity index (χ3n) is 3.57. The minimum atomic E-state index is -0.442. The minimum absolute atomic E-state index is 0.221. The van der Waals surface area contributed by atoms with Gasteiger partial charge in [-0.15, -0.1) is 0 Å². The van der Waals surface area contributed by atoms with E-state index in [1.807, 2.05) is 27.7 Å². The lowest BCUT2D eigenvalue weighted by Gasteiger charge is -2.25. The quantitative estimate of drug-likeness (QED) is 0.741. The van der Waals surface area contributed by atoms with Gasteiger partial charge in [-0.2, -0.15) is 0 Å². The van der Waals surface area contributed by atoms with Crippen LogP contribution in [-0.2, 0) is 9.53 Å². The molecule has 1 saturated carbocycles. The van der Waals surface area contributed by atoms with Crippen LogP contribution >= 0.6 is 0 Å². The van der Waals surface area contributed by atoms with Gasteiger partial charge in [0.05, 0.1) is 0 Å². The van der Waals surface area contributed by atoms with Crippen molar-refractivity contribution >= 4 is 11.9 Å². The van der Waals surface area contributed by atoms with E-state index in [1.54, 1.807) is 4.90 Å². The molecule has 0 aromatic heterocycles. The molecular formula is C13H21NO3. The molecule has 1 unspecified atom stereocenters. The zero-order chi connectivity index (χ0) is 12.8. The van der Waals surface area contributed by atoms with Crippen LogP contribution in [0.2, 0.25) is 0 Å². The van der Waals surface area contributed by atoms with Gasteiger partial charge in [-0.25, -0.2) is 4.79 Å². The van der Waals surface area contributed by atoms with E-state index in [4.69, 9.17) is 4.74 Å². The van der Waals surface area contributed by atoms with Crippen LogP contribution in [0.4, 0.5) is 4.79 Å². The number of fused-ring (bicyclic) bond motifs is 1. The number of likely N-dealkylation sites (tertiary alicyclic amines) is 1. The SMILES string of the molecule is CCC(=O)C1[C@H]2CN(C(=O)OC(C)(C)C)C[C@@H]12. The number of hydrogen-bond acceptors (Lipinski definition) is 3. The molecule has 1 amide bonds. The summed E-state index contributed by atoms with van der Waals surface area (Å²) in [5, 5.41) is 0. The highest BCUT2D eigenvalue weighted by Crippen LogP contribution is 2.52. The second kappa shape index (κ2) is 4.00. The van der Waals surface area contributed by atoms with E-state index in [0.29, 0.717) is 37.1 Å². The Kier molecular flexibility index (Phi) is 2.92. The molecule has 0 aromatic rings. The molecule has 3 atom stereocenters. The van der Waals surface area contributed by atoms with Crippen molar-refractivity contribution in [3.63, 3.8) is 0 Å². The fourth-order valence-electron chi connectivity index (χ4n) is 2.72. The smallest absolute Gasteiger partial charge is 0.410 e. The van der Waals surface area contributed by atoms with Gasteiger partial charge in [0.25, 0.3) is 0 Å². The zero-order valence-electron chi connectivity index (χ0n) is 11.0. The summed E-state index contributed by atoms with van der Waals surface area (Å²) in [5.74, 6) is 1.37. The van der Waals surface area contributed by atoms with E-state index in [1.165, 1.54) is 0 Å². The average Bonchev–Trinajstić information content (AvgIpc) is 2.69.